The average Bonchev–Trinajstić information content (AvgIpc) is 2.21. The van der Waals surface area contributed by atoms with Crippen molar-refractivity contribution in [1.29, 1.82) is 0 Å². The van der Waals surface area contributed by atoms with Crippen molar-refractivity contribution in [3.63, 3.8) is 0 Å². The van der Waals surface area contributed by atoms with Gasteiger partial charge in [0.05, 0.1) is 5.56 Å². The van der Waals surface area contributed by atoms with E-state index in [-0.39, 0.29) is 17.1 Å². The highest BCUT2D eigenvalue weighted by Crippen LogP contribution is 2.37. The van der Waals surface area contributed by atoms with Gasteiger partial charge in [0, 0.05) is 16.7 Å². The molecule has 0 bridgehead atoms. The molecule has 0 saturated carbocycles. The molecule has 0 aromatic heterocycles. The first-order chi connectivity index (χ1) is 7.41. The van der Waals surface area contributed by atoms with E-state index in [1.54, 1.807) is 13.8 Å². The molecule has 16 heavy (non-hydrogen) atoms. The summed E-state index contributed by atoms with van der Waals surface area (Å²) >= 11 is 0. The van der Waals surface area contributed by atoms with E-state index in [9.17, 15) is 15.0 Å². The van der Waals surface area contributed by atoms with Crippen LogP contribution >= 0.6 is 0 Å². The molecule has 1 rings (SSSR count). The van der Waals surface area contributed by atoms with Gasteiger partial charge in [-0.3, -0.25) is 0 Å². The van der Waals surface area contributed by atoms with Crippen LogP contribution in [0.3, 0.4) is 0 Å². The van der Waals surface area contributed by atoms with Crippen molar-refractivity contribution in [2.24, 2.45) is 0 Å². The van der Waals surface area contributed by atoms with Crippen LogP contribution in [0.5, 0.6) is 11.5 Å². The highest BCUT2D eigenvalue weighted by atomic mass is 16.4. The lowest BCUT2D eigenvalue weighted by atomic mass is 9.94. The Hall–Kier alpha value is -1.71. The summed E-state index contributed by atoms with van der Waals surface area (Å²) in [5.74, 6) is -1.35. The molecule has 1 aromatic rings. The van der Waals surface area contributed by atoms with Gasteiger partial charge >= 0.3 is 5.97 Å². The third-order valence-corrected chi connectivity index (χ3v) is 2.75. The second kappa shape index (κ2) is 4.43. The van der Waals surface area contributed by atoms with E-state index < -0.39 is 5.97 Å². The third-order valence-electron chi connectivity index (χ3n) is 2.75. The number of carboxylic acid groups (broad SMARTS) is 1. The first-order valence-corrected chi connectivity index (χ1v) is 5.19. The second-order valence-corrected chi connectivity index (χ2v) is 3.86. The number of rotatable bonds is 3. The summed E-state index contributed by atoms with van der Waals surface area (Å²) in [5.41, 5.74) is 1.04. The van der Waals surface area contributed by atoms with E-state index in [4.69, 9.17) is 5.11 Å². The van der Waals surface area contributed by atoms with Gasteiger partial charge in [0.1, 0.15) is 11.5 Å². The minimum absolute atomic E-state index is 0.0187. The Kier molecular flexibility index (Phi) is 3.42. The Morgan fingerprint density at radius 2 is 1.56 bits per heavy atom. The van der Waals surface area contributed by atoms with Crippen LogP contribution in [0.1, 0.15) is 40.4 Å². The van der Waals surface area contributed by atoms with Crippen LogP contribution in [-0.2, 0) is 6.42 Å². The quantitative estimate of drug-likeness (QED) is 0.736. The van der Waals surface area contributed by atoms with Gasteiger partial charge in [-0.25, -0.2) is 4.79 Å². The molecule has 0 aliphatic carbocycles. The molecule has 1 aromatic carbocycles. The number of carbonyl (C=O) groups is 1. The van der Waals surface area contributed by atoms with Crippen molar-refractivity contribution in [2.45, 2.75) is 33.6 Å². The minimum Gasteiger partial charge on any atom is -0.507 e. The first kappa shape index (κ1) is 12.4. The van der Waals surface area contributed by atoms with Crippen molar-refractivity contribution in [2.75, 3.05) is 0 Å². The molecule has 0 radical (unpaired) electrons. The first-order valence-electron chi connectivity index (χ1n) is 5.19. The van der Waals surface area contributed by atoms with Gasteiger partial charge in [0.15, 0.2) is 0 Å². The fraction of sp³-hybridized carbons (Fsp3) is 0.417. The molecule has 0 saturated heterocycles. The molecule has 0 fully saturated rings. The number of phenolic OH excluding ortho intramolecular Hbond substituents is 2. The fourth-order valence-corrected chi connectivity index (χ4v) is 1.89. The van der Waals surface area contributed by atoms with E-state index in [2.05, 4.69) is 0 Å². The van der Waals surface area contributed by atoms with Crippen molar-refractivity contribution < 1.29 is 20.1 Å². The van der Waals surface area contributed by atoms with Gasteiger partial charge in [-0.15, -0.1) is 0 Å². The topological polar surface area (TPSA) is 77.8 Å². The maximum Gasteiger partial charge on any atom is 0.336 e. The van der Waals surface area contributed by atoms with Crippen LogP contribution in [0.4, 0.5) is 0 Å². The summed E-state index contributed by atoms with van der Waals surface area (Å²) in [6.45, 7) is 5.02. The molecule has 4 nitrogen and oxygen atoms in total. The smallest absolute Gasteiger partial charge is 0.336 e. The molecule has 0 atom stereocenters. The minimum atomic E-state index is -1.14. The Morgan fingerprint density at radius 1 is 1.12 bits per heavy atom. The average molecular weight is 224 g/mol. The molecule has 0 unspecified atom stereocenters. The maximum atomic E-state index is 11.0. The molecule has 3 N–H and O–H groups in total. The normalized spacial score (nSPS) is 10.4. The molecule has 0 aliphatic heterocycles. The highest BCUT2D eigenvalue weighted by Gasteiger charge is 2.21. The lowest BCUT2D eigenvalue weighted by Gasteiger charge is -2.15. The molecule has 0 amide bonds. The summed E-state index contributed by atoms with van der Waals surface area (Å²) in [7, 11) is 0. The number of aromatic hydroxyl groups is 2. The summed E-state index contributed by atoms with van der Waals surface area (Å²) in [5, 5.41) is 28.7. The Bertz CT molecular complexity index is 406. The van der Waals surface area contributed by atoms with E-state index in [1.807, 2.05) is 6.92 Å². The molecule has 0 aliphatic rings. The van der Waals surface area contributed by atoms with Crippen molar-refractivity contribution in [3.8, 4) is 11.5 Å². The van der Waals surface area contributed by atoms with Crippen LogP contribution in [0, 0.1) is 13.8 Å². The predicted molar refractivity (Wildman–Crippen MR) is 60.2 cm³/mol. The number of hydrogen-bond acceptors (Lipinski definition) is 3. The zero-order valence-electron chi connectivity index (χ0n) is 9.66. The lowest BCUT2D eigenvalue weighted by Crippen LogP contribution is -2.05. The molecular weight excluding hydrogens is 208 g/mol. The largest absolute Gasteiger partial charge is 0.507 e. The summed E-state index contributed by atoms with van der Waals surface area (Å²) in [4.78, 5) is 11.0. The highest BCUT2D eigenvalue weighted by molar-refractivity contribution is 5.93. The summed E-state index contributed by atoms with van der Waals surface area (Å²) in [6, 6.07) is 0. The number of carboxylic acids is 1. The Morgan fingerprint density at radius 3 is 1.88 bits per heavy atom. The van der Waals surface area contributed by atoms with Gasteiger partial charge in [-0.05, 0) is 20.3 Å². The number of phenols is 2. The van der Waals surface area contributed by atoms with Gasteiger partial charge < -0.3 is 15.3 Å². The SMILES string of the molecule is CCCc1c(O)c(C)c(C(=O)O)c(C)c1O. The Labute approximate surface area is 94.2 Å². The van der Waals surface area contributed by atoms with Crippen molar-refractivity contribution in [1.82, 2.24) is 0 Å². The molecule has 0 spiro atoms. The molecule has 4 heteroatoms. The summed E-state index contributed by atoms with van der Waals surface area (Å²) < 4.78 is 0. The van der Waals surface area contributed by atoms with Crippen LogP contribution in [0.2, 0.25) is 0 Å². The van der Waals surface area contributed by atoms with Crippen molar-refractivity contribution in [3.05, 3.63) is 22.3 Å². The van der Waals surface area contributed by atoms with E-state index in [0.29, 0.717) is 23.1 Å². The van der Waals surface area contributed by atoms with Crippen LogP contribution < -0.4 is 0 Å². The standard InChI is InChI=1S/C12H16O4/c1-4-5-8-10(13)6(2)9(12(15)16)7(3)11(8)14/h13-14H,4-5H2,1-3H3,(H,15,16). The van der Waals surface area contributed by atoms with Crippen LogP contribution in [0.25, 0.3) is 0 Å². The predicted octanol–water partition coefficient (Wildman–Crippen LogP) is 2.37. The number of aromatic carboxylic acids is 1. The van der Waals surface area contributed by atoms with Gasteiger partial charge in [-0.1, -0.05) is 13.3 Å². The number of hydrogen-bond donors (Lipinski definition) is 3. The zero-order valence-corrected chi connectivity index (χ0v) is 9.66. The fourth-order valence-electron chi connectivity index (χ4n) is 1.89. The van der Waals surface area contributed by atoms with E-state index in [0.717, 1.165) is 6.42 Å². The molecule has 88 valence electrons. The van der Waals surface area contributed by atoms with Crippen molar-refractivity contribution >= 4 is 5.97 Å². The Balaban J connectivity index is 3.56. The molecule has 0 heterocycles. The lowest BCUT2D eigenvalue weighted by molar-refractivity contribution is 0.0694. The number of benzene rings is 1. The van der Waals surface area contributed by atoms with Crippen LogP contribution in [-0.4, -0.2) is 21.3 Å². The monoisotopic (exact) mass is 224 g/mol. The van der Waals surface area contributed by atoms with Gasteiger partial charge in [-0.2, -0.15) is 0 Å². The van der Waals surface area contributed by atoms with Crippen LogP contribution in [0.15, 0.2) is 0 Å². The van der Waals surface area contributed by atoms with Gasteiger partial charge in [0.25, 0.3) is 0 Å². The summed E-state index contributed by atoms with van der Waals surface area (Å²) in [6.07, 6.45) is 1.30. The third kappa shape index (κ3) is 1.83. The van der Waals surface area contributed by atoms with E-state index >= 15 is 0 Å². The van der Waals surface area contributed by atoms with E-state index in [1.165, 1.54) is 0 Å². The molecular formula is C12H16O4. The second-order valence-electron chi connectivity index (χ2n) is 3.86. The van der Waals surface area contributed by atoms with Gasteiger partial charge in [0.2, 0.25) is 0 Å². The zero-order chi connectivity index (χ0) is 12.5. The maximum absolute atomic E-state index is 11.0.